The number of carbonyl (C=O) groups is 1. The van der Waals surface area contributed by atoms with Gasteiger partial charge in [-0.05, 0) is 60.3 Å². The summed E-state index contributed by atoms with van der Waals surface area (Å²) in [5, 5.41) is 7.15. The first-order chi connectivity index (χ1) is 19.2. The highest BCUT2D eigenvalue weighted by Gasteiger charge is 2.30. The summed E-state index contributed by atoms with van der Waals surface area (Å²) in [4.78, 5) is 19.5. The lowest BCUT2D eigenvalue weighted by Gasteiger charge is -2.39. The van der Waals surface area contributed by atoms with Crippen LogP contribution in [0.25, 0.3) is 22.3 Å². The number of nitrogens with one attached hydrogen (secondary N) is 1. The molecule has 0 saturated carbocycles. The van der Waals surface area contributed by atoms with E-state index in [1.54, 1.807) is 6.07 Å². The fourth-order valence-corrected chi connectivity index (χ4v) is 5.89. The van der Waals surface area contributed by atoms with E-state index >= 15 is 4.39 Å². The van der Waals surface area contributed by atoms with Crippen LogP contribution >= 0.6 is 0 Å². The Balaban J connectivity index is 1.22. The minimum atomic E-state index is -0.241. The average Bonchev–Trinajstić information content (AvgIpc) is 3.70. The van der Waals surface area contributed by atoms with Gasteiger partial charge in [-0.1, -0.05) is 60.7 Å². The van der Waals surface area contributed by atoms with Gasteiger partial charge in [-0.15, -0.1) is 0 Å². The number of halogens is 1. The number of carbonyl (C=O) groups excluding carboxylic acids is 1. The van der Waals surface area contributed by atoms with Gasteiger partial charge in [0.05, 0.1) is 18.8 Å². The summed E-state index contributed by atoms with van der Waals surface area (Å²) in [6.45, 7) is 5.45. The number of likely N-dealkylation sites (tertiary alicyclic amines) is 1. The molecule has 1 atom stereocenters. The summed E-state index contributed by atoms with van der Waals surface area (Å²) in [7, 11) is 0. The molecule has 7 heteroatoms. The van der Waals surface area contributed by atoms with Crippen molar-refractivity contribution in [2.45, 2.75) is 18.9 Å². The average molecular weight is 524 g/mol. The van der Waals surface area contributed by atoms with Gasteiger partial charge in [0.1, 0.15) is 5.82 Å². The Bertz CT molecular complexity index is 1380. The standard InChI is InChI=1S/C32H34FN5O/c33-30-13-12-27(20-29(30)26-10-8-25(9-11-26)24-6-2-1-3-7-24)32(28-21-34-35-22-28)38-18-16-37(17-19-38)31(39)23-36-14-4-5-15-36/h1-3,6-13,20-22,32H,4-5,14-19,23H2,(H,34,35). The molecular weight excluding hydrogens is 489 g/mol. The molecule has 3 heterocycles. The molecule has 0 radical (unpaired) electrons. The van der Waals surface area contributed by atoms with Gasteiger partial charge in [-0.2, -0.15) is 5.10 Å². The van der Waals surface area contributed by atoms with Crippen molar-refractivity contribution in [2.24, 2.45) is 0 Å². The Morgan fingerprint density at radius 3 is 2.21 bits per heavy atom. The Hall–Kier alpha value is -3.81. The molecule has 6 rings (SSSR count). The zero-order chi connectivity index (χ0) is 26.6. The lowest BCUT2D eigenvalue weighted by atomic mass is 9.94. The zero-order valence-corrected chi connectivity index (χ0v) is 22.1. The molecular formula is C32H34FN5O. The molecule has 2 saturated heterocycles. The second-order valence-electron chi connectivity index (χ2n) is 10.5. The van der Waals surface area contributed by atoms with Gasteiger partial charge in [0.25, 0.3) is 0 Å². The molecule has 4 aromatic rings. The first-order valence-electron chi connectivity index (χ1n) is 13.8. The Labute approximate surface area is 229 Å². The predicted molar refractivity (Wildman–Crippen MR) is 152 cm³/mol. The lowest BCUT2D eigenvalue weighted by molar-refractivity contribution is -0.134. The van der Waals surface area contributed by atoms with Crippen molar-refractivity contribution < 1.29 is 9.18 Å². The minimum Gasteiger partial charge on any atom is -0.339 e. The van der Waals surface area contributed by atoms with Gasteiger partial charge in [0.2, 0.25) is 5.91 Å². The predicted octanol–water partition coefficient (Wildman–Crippen LogP) is 5.21. The molecule has 0 aliphatic carbocycles. The Morgan fingerprint density at radius 1 is 0.821 bits per heavy atom. The van der Waals surface area contributed by atoms with Gasteiger partial charge in [0, 0.05) is 43.5 Å². The van der Waals surface area contributed by atoms with E-state index in [9.17, 15) is 4.79 Å². The third-order valence-corrected chi connectivity index (χ3v) is 8.03. The van der Waals surface area contributed by atoms with Crippen molar-refractivity contribution in [3.05, 3.63) is 102 Å². The van der Waals surface area contributed by atoms with Gasteiger partial charge >= 0.3 is 0 Å². The number of aromatic nitrogens is 2. The van der Waals surface area contributed by atoms with Crippen molar-refractivity contribution >= 4 is 5.91 Å². The summed E-state index contributed by atoms with van der Waals surface area (Å²) >= 11 is 0. The quantitative estimate of drug-likeness (QED) is 0.361. The highest BCUT2D eigenvalue weighted by molar-refractivity contribution is 5.78. The smallest absolute Gasteiger partial charge is 0.236 e. The maximum absolute atomic E-state index is 15.2. The van der Waals surface area contributed by atoms with Crippen LogP contribution in [0, 0.1) is 5.82 Å². The maximum atomic E-state index is 15.2. The number of hydrogen-bond donors (Lipinski definition) is 1. The largest absolute Gasteiger partial charge is 0.339 e. The molecule has 1 aromatic heterocycles. The van der Waals surface area contributed by atoms with Crippen LogP contribution < -0.4 is 0 Å². The fraction of sp³-hybridized carbons (Fsp3) is 0.312. The van der Waals surface area contributed by atoms with E-state index < -0.39 is 0 Å². The second-order valence-corrected chi connectivity index (χ2v) is 10.5. The molecule has 3 aromatic carbocycles. The van der Waals surface area contributed by atoms with Crippen LogP contribution in [0.5, 0.6) is 0 Å². The van der Waals surface area contributed by atoms with E-state index in [1.165, 1.54) is 12.8 Å². The molecule has 0 bridgehead atoms. The molecule has 1 amide bonds. The molecule has 1 N–H and O–H groups in total. The molecule has 0 spiro atoms. The highest BCUT2D eigenvalue weighted by Crippen LogP contribution is 2.34. The van der Waals surface area contributed by atoms with Crippen LogP contribution in [-0.2, 0) is 4.79 Å². The van der Waals surface area contributed by atoms with Crippen LogP contribution in [0.3, 0.4) is 0 Å². The summed E-state index contributed by atoms with van der Waals surface area (Å²) in [5.41, 5.74) is 5.71. The number of aromatic amines is 1. The molecule has 2 aliphatic rings. The van der Waals surface area contributed by atoms with E-state index in [4.69, 9.17) is 0 Å². The molecule has 6 nitrogen and oxygen atoms in total. The first-order valence-corrected chi connectivity index (χ1v) is 13.8. The minimum absolute atomic E-state index is 0.0810. The fourth-order valence-electron chi connectivity index (χ4n) is 5.89. The van der Waals surface area contributed by atoms with Gasteiger partial charge < -0.3 is 4.90 Å². The van der Waals surface area contributed by atoms with Crippen molar-refractivity contribution in [1.29, 1.82) is 0 Å². The van der Waals surface area contributed by atoms with E-state index in [0.29, 0.717) is 25.2 Å². The van der Waals surface area contributed by atoms with Crippen LogP contribution in [0.15, 0.2) is 85.2 Å². The zero-order valence-electron chi connectivity index (χ0n) is 22.1. The second kappa shape index (κ2) is 11.5. The van der Waals surface area contributed by atoms with Crippen molar-refractivity contribution in [2.75, 3.05) is 45.8 Å². The van der Waals surface area contributed by atoms with E-state index in [1.807, 2.05) is 71.9 Å². The lowest BCUT2D eigenvalue weighted by Crippen LogP contribution is -2.51. The van der Waals surface area contributed by atoms with Gasteiger partial charge in [-0.3, -0.25) is 19.7 Å². The van der Waals surface area contributed by atoms with Crippen molar-refractivity contribution in [3.63, 3.8) is 0 Å². The van der Waals surface area contributed by atoms with Crippen LogP contribution in [0.1, 0.15) is 30.0 Å². The topological polar surface area (TPSA) is 55.5 Å². The number of benzene rings is 3. The maximum Gasteiger partial charge on any atom is 0.236 e. The molecule has 200 valence electrons. The number of rotatable bonds is 7. The Morgan fingerprint density at radius 2 is 1.51 bits per heavy atom. The molecule has 2 fully saturated rings. The molecule has 39 heavy (non-hydrogen) atoms. The molecule has 1 unspecified atom stereocenters. The summed E-state index contributed by atoms with van der Waals surface area (Å²) < 4.78 is 15.2. The van der Waals surface area contributed by atoms with E-state index in [-0.39, 0.29) is 17.8 Å². The number of hydrogen-bond acceptors (Lipinski definition) is 4. The summed E-state index contributed by atoms with van der Waals surface area (Å²) in [5.74, 6) is -0.0195. The summed E-state index contributed by atoms with van der Waals surface area (Å²) in [6.07, 6.45) is 6.12. The van der Waals surface area contributed by atoms with Crippen molar-refractivity contribution in [1.82, 2.24) is 24.9 Å². The van der Waals surface area contributed by atoms with Crippen molar-refractivity contribution in [3.8, 4) is 22.3 Å². The third-order valence-electron chi connectivity index (χ3n) is 8.03. The third kappa shape index (κ3) is 5.65. The monoisotopic (exact) mass is 523 g/mol. The van der Waals surface area contributed by atoms with Gasteiger partial charge in [0.15, 0.2) is 0 Å². The van der Waals surface area contributed by atoms with Crippen LogP contribution in [-0.4, -0.2) is 76.6 Å². The number of H-pyrrole nitrogens is 1. The van der Waals surface area contributed by atoms with Crippen LogP contribution in [0.2, 0.25) is 0 Å². The van der Waals surface area contributed by atoms with Gasteiger partial charge in [-0.25, -0.2) is 4.39 Å². The first kappa shape index (κ1) is 25.5. The molecule has 2 aliphatic heterocycles. The number of amides is 1. The van der Waals surface area contributed by atoms with Crippen LogP contribution in [0.4, 0.5) is 4.39 Å². The van der Waals surface area contributed by atoms with E-state index in [0.717, 1.165) is 54.0 Å². The number of nitrogens with zero attached hydrogens (tertiary/aromatic N) is 4. The highest BCUT2D eigenvalue weighted by atomic mass is 19.1. The van der Waals surface area contributed by atoms with E-state index in [2.05, 4.69) is 32.1 Å². The summed E-state index contributed by atoms with van der Waals surface area (Å²) in [6, 6.07) is 23.6. The number of piperazine rings is 1. The normalized spacial score (nSPS) is 17.4. The SMILES string of the molecule is O=C(CN1CCCC1)N1CCN(C(c2cn[nH]c2)c2ccc(F)c(-c3ccc(-c4ccccc4)cc3)c2)CC1. The Kier molecular flexibility index (Phi) is 7.52.